The molecule has 1 aromatic rings. The number of para-hydroxylation sites is 1. The van der Waals surface area contributed by atoms with E-state index in [2.05, 4.69) is 17.0 Å². The average molecular weight is 163 g/mol. The molecule has 64 valence electrons. The van der Waals surface area contributed by atoms with Crippen molar-refractivity contribution in [2.45, 2.75) is 12.5 Å². The fourth-order valence-electron chi connectivity index (χ4n) is 1.62. The third-order valence-electron chi connectivity index (χ3n) is 2.28. The Morgan fingerprint density at radius 1 is 1.25 bits per heavy atom. The zero-order valence-electron chi connectivity index (χ0n) is 6.98. The topological polar surface area (TPSA) is 23.5 Å². The number of β-amino-alcohol motifs (C(OH)–C–C–N with tert-alkyl or cyclic N) is 1. The highest BCUT2D eigenvalue weighted by atomic mass is 16.3. The van der Waals surface area contributed by atoms with Crippen molar-refractivity contribution in [1.29, 1.82) is 0 Å². The van der Waals surface area contributed by atoms with E-state index in [0.717, 1.165) is 19.5 Å². The number of rotatable bonds is 1. The van der Waals surface area contributed by atoms with Crippen LogP contribution in [-0.2, 0) is 0 Å². The van der Waals surface area contributed by atoms with Gasteiger partial charge in [0.25, 0.3) is 0 Å². The lowest BCUT2D eigenvalue weighted by molar-refractivity contribution is 0.198. The van der Waals surface area contributed by atoms with Gasteiger partial charge in [-0.05, 0) is 18.6 Å². The van der Waals surface area contributed by atoms with Gasteiger partial charge in [-0.25, -0.2) is 0 Å². The maximum absolute atomic E-state index is 9.32. The normalized spacial score (nSPS) is 23.1. The molecule has 0 aliphatic carbocycles. The molecular weight excluding hydrogens is 150 g/mol. The first-order valence-corrected chi connectivity index (χ1v) is 4.34. The van der Waals surface area contributed by atoms with E-state index < -0.39 is 0 Å². The summed E-state index contributed by atoms with van der Waals surface area (Å²) < 4.78 is 0. The molecule has 0 aromatic heterocycles. The van der Waals surface area contributed by atoms with Gasteiger partial charge in [0.1, 0.15) is 0 Å². The quantitative estimate of drug-likeness (QED) is 0.673. The van der Waals surface area contributed by atoms with Gasteiger partial charge in [0.05, 0.1) is 6.10 Å². The molecule has 2 nitrogen and oxygen atoms in total. The second-order valence-electron chi connectivity index (χ2n) is 3.22. The van der Waals surface area contributed by atoms with Crippen LogP contribution in [0.1, 0.15) is 6.42 Å². The SMILES string of the molecule is O[C@H]1CCN(c2ccccc2)C1. The fraction of sp³-hybridized carbons (Fsp3) is 0.400. The van der Waals surface area contributed by atoms with E-state index in [-0.39, 0.29) is 6.10 Å². The Kier molecular flexibility index (Phi) is 2.00. The molecule has 0 bridgehead atoms. The van der Waals surface area contributed by atoms with Gasteiger partial charge in [-0.15, -0.1) is 0 Å². The first kappa shape index (κ1) is 7.62. The maximum Gasteiger partial charge on any atom is 0.0731 e. The van der Waals surface area contributed by atoms with E-state index >= 15 is 0 Å². The Labute approximate surface area is 72.4 Å². The minimum Gasteiger partial charge on any atom is -0.391 e. The molecule has 1 fully saturated rings. The summed E-state index contributed by atoms with van der Waals surface area (Å²) in [4.78, 5) is 2.21. The van der Waals surface area contributed by atoms with Crippen molar-refractivity contribution < 1.29 is 5.11 Å². The molecule has 1 aliphatic heterocycles. The molecule has 0 saturated carbocycles. The average Bonchev–Trinajstić information content (AvgIpc) is 2.54. The number of nitrogens with zero attached hydrogens (tertiary/aromatic N) is 1. The van der Waals surface area contributed by atoms with Crippen LogP contribution in [0.5, 0.6) is 0 Å². The molecule has 0 amide bonds. The van der Waals surface area contributed by atoms with E-state index in [1.165, 1.54) is 5.69 Å². The maximum atomic E-state index is 9.32. The summed E-state index contributed by atoms with van der Waals surface area (Å²) in [5.41, 5.74) is 1.22. The largest absolute Gasteiger partial charge is 0.391 e. The molecule has 1 aliphatic rings. The van der Waals surface area contributed by atoms with Crippen molar-refractivity contribution in [3.8, 4) is 0 Å². The van der Waals surface area contributed by atoms with Gasteiger partial charge in [0.2, 0.25) is 0 Å². The van der Waals surface area contributed by atoms with Crippen LogP contribution in [0.15, 0.2) is 30.3 Å². The predicted octanol–water partition coefficient (Wildman–Crippen LogP) is 1.26. The van der Waals surface area contributed by atoms with Crippen LogP contribution in [-0.4, -0.2) is 24.3 Å². The van der Waals surface area contributed by atoms with Crippen molar-refractivity contribution in [3.05, 3.63) is 30.3 Å². The zero-order valence-corrected chi connectivity index (χ0v) is 6.98. The number of aliphatic hydroxyl groups excluding tert-OH is 1. The minimum atomic E-state index is -0.134. The predicted molar refractivity (Wildman–Crippen MR) is 49.3 cm³/mol. The van der Waals surface area contributed by atoms with Gasteiger partial charge >= 0.3 is 0 Å². The molecule has 1 saturated heterocycles. The summed E-state index contributed by atoms with van der Waals surface area (Å²) in [7, 11) is 0. The highest BCUT2D eigenvalue weighted by molar-refractivity contribution is 5.46. The Hall–Kier alpha value is -1.02. The summed E-state index contributed by atoms with van der Waals surface area (Å²) >= 11 is 0. The van der Waals surface area contributed by atoms with Crippen LogP contribution in [0, 0.1) is 0 Å². The summed E-state index contributed by atoms with van der Waals surface area (Å²) in [6.45, 7) is 1.76. The number of aliphatic hydroxyl groups is 1. The van der Waals surface area contributed by atoms with E-state index in [0.29, 0.717) is 0 Å². The van der Waals surface area contributed by atoms with E-state index in [9.17, 15) is 5.11 Å². The standard InChI is InChI=1S/C10H13NO/c12-10-6-7-11(8-10)9-4-2-1-3-5-9/h1-5,10,12H,6-8H2/t10-/m0/s1. The van der Waals surface area contributed by atoms with E-state index in [1.54, 1.807) is 0 Å². The smallest absolute Gasteiger partial charge is 0.0731 e. The van der Waals surface area contributed by atoms with Gasteiger partial charge in [-0.1, -0.05) is 18.2 Å². The first-order chi connectivity index (χ1) is 5.86. The number of anilines is 1. The van der Waals surface area contributed by atoms with E-state index in [1.807, 2.05) is 18.2 Å². The molecule has 1 N–H and O–H groups in total. The van der Waals surface area contributed by atoms with Crippen molar-refractivity contribution in [2.75, 3.05) is 18.0 Å². The van der Waals surface area contributed by atoms with Gasteiger partial charge < -0.3 is 10.0 Å². The molecule has 0 spiro atoms. The van der Waals surface area contributed by atoms with Crippen LogP contribution < -0.4 is 4.90 Å². The molecule has 1 heterocycles. The molecule has 0 radical (unpaired) electrons. The molecule has 1 atom stereocenters. The number of hydrogen-bond donors (Lipinski definition) is 1. The highest BCUT2D eigenvalue weighted by Crippen LogP contribution is 2.19. The van der Waals surface area contributed by atoms with Gasteiger partial charge in [-0.3, -0.25) is 0 Å². The summed E-state index contributed by atoms with van der Waals surface area (Å²) in [5.74, 6) is 0. The van der Waals surface area contributed by atoms with Gasteiger partial charge in [0, 0.05) is 18.8 Å². The lowest BCUT2D eigenvalue weighted by Gasteiger charge is -2.16. The molecule has 0 unspecified atom stereocenters. The van der Waals surface area contributed by atoms with Crippen molar-refractivity contribution in [3.63, 3.8) is 0 Å². The van der Waals surface area contributed by atoms with Crippen LogP contribution in [0.2, 0.25) is 0 Å². The van der Waals surface area contributed by atoms with Crippen molar-refractivity contribution in [1.82, 2.24) is 0 Å². The first-order valence-electron chi connectivity index (χ1n) is 4.34. The summed E-state index contributed by atoms with van der Waals surface area (Å²) in [6, 6.07) is 10.2. The third-order valence-corrected chi connectivity index (χ3v) is 2.28. The van der Waals surface area contributed by atoms with Gasteiger partial charge in [-0.2, -0.15) is 0 Å². The lowest BCUT2D eigenvalue weighted by Crippen LogP contribution is -2.20. The van der Waals surface area contributed by atoms with Crippen LogP contribution in [0.25, 0.3) is 0 Å². The highest BCUT2D eigenvalue weighted by Gasteiger charge is 2.19. The van der Waals surface area contributed by atoms with Crippen molar-refractivity contribution >= 4 is 5.69 Å². The molecular formula is C10H13NO. The molecule has 2 heteroatoms. The number of hydrogen-bond acceptors (Lipinski definition) is 2. The summed E-state index contributed by atoms with van der Waals surface area (Å²) in [6.07, 6.45) is 0.764. The Morgan fingerprint density at radius 3 is 2.58 bits per heavy atom. The summed E-state index contributed by atoms with van der Waals surface area (Å²) in [5, 5.41) is 9.32. The second-order valence-corrected chi connectivity index (χ2v) is 3.22. The van der Waals surface area contributed by atoms with Crippen LogP contribution in [0.3, 0.4) is 0 Å². The monoisotopic (exact) mass is 163 g/mol. The van der Waals surface area contributed by atoms with Gasteiger partial charge in [0.15, 0.2) is 0 Å². The zero-order chi connectivity index (χ0) is 8.39. The Balaban J connectivity index is 2.11. The third kappa shape index (κ3) is 1.43. The lowest BCUT2D eigenvalue weighted by atomic mass is 10.3. The van der Waals surface area contributed by atoms with Crippen LogP contribution in [0.4, 0.5) is 5.69 Å². The minimum absolute atomic E-state index is 0.134. The van der Waals surface area contributed by atoms with Crippen molar-refractivity contribution in [2.24, 2.45) is 0 Å². The number of benzene rings is 1. The second kappa shape index (κ2) is 3.15. The molecule has 2 rings (SSSR count). The van der Waals surface area contributed by atoms with Crippen LogP contribution >= 0.6 is 0 Å². The molecule has 12 heavy (non-hydrogen) atoms. The molecule has 1 aromatic carbocycles. The van der Waals surface area contributed by atoms with E-state index in [4.69, 9.17) is 0 Å². The fourth-order valence-corrected chi connectivity index (χ4v) is 1.62. The Bertz CT molecular complexity index is 247. The Morgan fingerprint density at radius 2 is 2.00 bits per heavy atom.